The molecule has 1 aromatic rings. The maximum absolute atomic E-state index is 12.5. The standard InChI is InChI=1S/C15H24N4O5S2/c1-4-9-19-11-13(10-15(19)20)16-25(21,22)14-7-5-12(6-8-14)17-26(23,24)18(2)3/h5-8,13,16-17H,4,9-11H2,1-3H3/t13-/m1/s1. The second-order valence-corrected chi connectivity index (χ2v) is 9.87. The van der Waals surface area contributed by atoms with E-state index in [2.05, 4.69) is 9.44 Å². The van der Waals surface area contributed by atoms with Gasteiger partial charge in [0.1, 0.15) is 0 Å². The van der Waals surface area contributed by atoms with Crippen molar-refractivity contribution < 1.29 is 21.6 Å². The van der Waals surface area contributed by atoms with E-state index in [1.165, 1.54) is 38.4 Å². The largest absolute Gasteiger partial charge is 0.341 e. The Kier molecular flexibility index (Phi) is 6.27. The fourth-order valence-corrected chi connectivity index (χ4v) is 4.41. The van der Waals surface area contributed by atoms with Gasteiger partial charge in [0.05, 0.1) is 4.90 Å². The minimum atomic E-state index is -3.80. The summed E-state index contributed by atoms with van der Waals surface area (Å²) < 4.78 is 54.4. The van der Waals surface area contributed by atoms with E-state index < -0.39 is 26.3 Å². The third kappa shape index (κ3) is 4.93. The maximum Gasteiger partial charge on any atom is 0.301 e. The molecule has 0 bridgehead atoms. The molecule has 1 aliphatic heterocycles. The van der Waals surface area contributed by atoms with Gasteiger partial charge in [-0.25, -0.2) is 13.1 Å². The highest BCUT2D eigenvalue weighted by atomic mass is 32.2. The van der Waals surface area contributed by atoms with Crippen molar-refractivity contribution in [3.63, 3.8) is 0 Å². The zero-order chi connectivity index (χ0) is 19.5. The van der Waals surface area contributed by atoms with Crippen LogP contribution in [0.3, 0.4) is 0 Å². The van der Waals surface area contributed by atoms with Crippen LogP contribution < -0.4 is 9.44 Å². The van der Waals surface area contributed by atoms with Crippen LogP contribution in [-0.2, 0) is 25.0 Å². The van der Waals surface area contributed by atoms with Crippen molar-refractivity contribution in [2.45, 2.75) is 30.7 Å². The molecule has 146 valence electrons. The number of rotatable bonds is 8. The Labute approximate surface area is 154 Å². The Morgan fingerprint density at radius 3 is 2.31 bits per heavy atom. The Balaban J connectivity index is 2.07. The van der Waals surface area contributed by atoms with Crippen LogP contribution in [0.15, 0.2) is 29.2 Å². The number of carbonyl (C=O) groups excluding carboxylic acids is 1. The Bertz CT molecular complexity index is 851. The van der Waals surface area contributed by atoms with E-state index in [4.69, 9.17) is 0 Å². The number of benzene rings is 1. The van der Waals surface area contributed by atoms with Crippen LogP contribution in [0, 0.1) is 0 Å². The number of carbonyl (C=O) groups is 1. The second-order valence-electron chi connectivity index (χ2n) is 6.28. The van der Waals surface area contributed by atoms with E-state index in [0.29, 0.717) is 13.1 Å². The van der Waals surface area contributed by atoms with Gasteiger partial charge >= 0.3 is 10.2 Å². The number of sulfonamides is 1. The SMILES string of the molecule is CCCN1C[C@H](NS(=O)(=O)c2ccc(NS(=O)(=O)N(C)C)cc2)CC1=O. The number of amides is 1. The molecule has 2 N–H and O–H groups in total. The molecule has 1 saturated heterocycles. The molecule has 9 nitrogen and oxygen atoms in total. The molecule has 1 heterocycles. The first kappa shape index (κ1) is 20.6. The van der Waals surface area contributed by atoms with Crippen molar-refractivity contribution in [2.75, 3.05) is 31.9 Å². The average Bonchev–Trinajstić information content (AvgIpc) is 2.86. The molecule has 0 saturated carbocycles. The van der Waals surface area contributed by atoms with Gasteiger partial charge in [-0.1, -0.05) is 6.92 Å². The van der Waals surface area contributed by atoms with Gasteiger partial charge in [0, 0.05) is 45.3 Å². The van der Waals surface area contributed by atoms with Crippen molar-refractivity contribution in [3.05, 3.63) is 24.3 Å². The van der Waals surface area contributed by atoms with Gasteiger partial charge in [0.2, 0.25) is 15.9 Å². The van der Waals surface area contributed by atoms with Crippen molar-refractivity contribution in [1.82, 2.24) is 13.9 Å². The maximum atomic E-state index is 12.5. The lowest BCUT2D eigenvalue weighted by Gasteiger charge is -2.16. The smallest absolute Gasteiger partial charge is 0.301 e. The van der Waals surface area contributed by atoms with Crippen LogP contribution in [0.2, 0.25) is 0 Å². The zero-order valence-corrected chi connectivity index (χ0v) is 16.6. The molecule has 2 rings (SSSR count). The van der Waals surface area contributed by atoms with Crippen LogP contribution in [0.4, 0.5) is 5.69 Å². The summed E-state index contributed by atoms with van der Waals surface area (Å²) in [7, 11) is -4.69. The number of nitrogens with one attached hydrogen (secondary N) is 2. The third-order valence-electron chi connectivity index (χ3n) is 3.92. The number of hydrogen-bond acceptors (Lipinski definition) is 5. The molecular weight excluding hydrogens is 380 g/mol. The molecular formula is C15H24N4O5S2. The van der Waals surface area contributed by atoms with Crippen molar-refractivity contribution in [2.24, 2.45) is 0 Å². The van der Waals surface area contributed by atoms with Gasteiger partial charge in [-0.15, -0.1) is 0 Å². The molecule has 1 aliphatic rings. The van der Waals surface area contributed by atoms with Gasteiger partial charge in [0.15, 0.2) is 0 Å². The summed E-state index contributed by atoms with van der Waals surface area (Å²) in [5.74, 6) is -0.0620. The minimum Gasteiger partial charge on any atom is -0.341 e. The molecule has 1 aromatic carbocycles. The van der Waals surface area contributed by atoms with Gasteiger partial charge in [0.25, 0.3) is 0 Å². The van der Waals surface area contributed by atoms with Crippen LogP contribution in [0.25, 0.3) is 0 Å². The van der Waals surface area contributed by atoms with E-state index in [1.807, 2.05) is 6.92 Å². The molecule has 0 aliphatic carbocycles. The highest BCUT2D eigenvalue weighted by Gasteiger charge is 2.32. The van der Waals surface area contributed by atoms with E-state index in [-0.39, 0.29) is 22.9 Å². The van der Waals surface area contributed by atoms with E-state index in [9.17, 15) is 21.6 Å². The number of anilines is 1. The summed E-state index contributed by atoms with van der Waals surface area (Å²) in [4.78, 5) is 13.5. The first-order valence-corrected chi connectivity index (χ1v) is 11.1. The lowest BCUT2D eigenvalue weighted by molar-refractivity contribution is -0.127. The Morgan fingerprint density at radius 2 is 1.77 bits per heavy atom. The first-order chi connectivity index (χ1) is 12.0. The molecule has 0 aromatic heterocycles. The second kappa shape index (κ2) is 7.91. The summed E-state index contributed by atoms with van der Waals surface area (Å²) in [6, 6.07) is 4.91. The predicted molar refractivity (Wildman–Crippen MR) is 98.3 cm³/mol. The van der Waals surface area contributed by atoms with Crippen LogP contribution in [0.5, 0.6) is 0 Å². The minimum absolute atomic E-state index is 0.00620. The lowest BCUT2D eigenvalue weighted by Crippen LogP contribution is -2.37. The lowest BCUT2D eigenvalue weighted by atomic mass is 10.3. The normalized spacial score (nSPS) is 18.5. The van der Waals surface area contributed by atoms with Crippen molar-refractivity contribution >= 4 is 31.8 Å². The Morgan fingerprint density at radius 1 is 1.15 bits per heavy atom. The highest BCUT2D eigenvalue weighted by molar-refractivity contribution is 7.90. The molecule has 1 fully saturated rings. The highest BCUT2D eigenvalue weighted by Crippen LogP contribution is 2.18. The molecule has 1 atom stereocenters. The molecule has 11 heteroatoms. The fraction of sp³-hybridized carbons (Fsp3) is 0.533. The molecule has 0 unspecified atom stereocenters. The van der Waals surface area contributed by atoms with Crippen LogP contribution in [0.1, 0.15) is 19.8 Å². The monoisotopic (exact) mass is 404 g/mol. The van der Waals surface area contributed by atoms with Gasteiger partial charge in [-0.3, -0.25) is 9.52 Å². The number of likely N-dealkylation sites (tertiary alicyclic amines) is 1. The molecule has 1 amide bonds. The van der Waals surface area contributed by atoms with Crippen LogP contribution in [-0.4, -0.2) is 65.2 Å². The summed E-state index contributed by atoms with van der Waals surface area (Å²) in [5.41, 5.74) is 0.253. The quantitative estimate of drug-likeness (QED) is 0.642. The summed E-state index contributed by atoms with van der Waals surface area (Å²) in [5, 5.41) is 0. The van der Waals surface area contributed by atoms with Gasteiger partial charge < -0.3 is 4.90 Å². The number of hydrogen-bond donors (Lipinski definition) is 2. The fourth-order valence-electron chi connectivity index (χ4n) is 2.57. The first-order valence-electron chi connectivity index (χ1n) is 8.15. The Hall–Kier alpha value is -1.69. The van der Waals surface area contributed by atoms with Crippen molar-refractivity contribution in [1.29, 1.82) is 0 Å². The van der Waals surface area contributed by atoms with Gasteiger partial charge in [-0.05, 0) is 30.7 Å². The zero-order valence-electron chi connectivity index (χ0n) is 15.0. The molecule has 26 heavy (non-hydrogen) atoms. The summed E-state index contributed by atoms with van der Waals surface area (Å²) >= 11 is 0. The topological polar surface area (TPSA) is 116 Å². The molecule has 0 spiro atoms. The predicted octanol–water partition coefficient (Wildman–Crippen LogP) is 0.194. The van der Waals surface area contributed by atoms with Gasteiger partial charge in [-0.2, -0.15) is 12.7 Å². The van der Waals surface area contributed by atoms with E-state index in [0.717, 1.165) is 10.7 Å². The van der Waals surface area contributed by atoms with E-state index in [1.54, 1.807) is 4.90 Å². The summed E-state index contributed by atoms with van der Waals surface area (Å²) in [6.45, 7) is 2.92. The van der Waals surface area contributed by atoms with Crippen LogP contribution >= 0.6 is 0 Å². The average molecular weight is 405 g/mol. The molecule has 0 radical (unpaired) electrons. The number of nitrogens with zero attached hydrogens (tertiary/aromatic N) is 2. The third-order valence-corrected chi connectivity index (χ3v) is 6.91. The van der Waals surface area contributed by atoms with E-state index >= 15 is 0 Å². The summed E-state index contributed by atoms with van der Waals surface area (Å²) in [6.07, 6.45) is 0.954. The van der Waals surface area contributed by atoms with Crippen molar-refractivity contribution in [3.8, 4) is 0 Å².